The Labute approximate surface area is 216 Å². The van der Waals surface area contributed by atoms with Gasteiger partial charge in [-0.1, -0.05) is 97.1 Å². The van der Waals surface area contributed by atoms with Crippen molar-refractivity contribution in [2.45, 2.75) is 5.92 Å². The van der Waals surface area contributed by atoms with Gasteiger partial charge in [-0.15, -0.1) is 0 Å². The summed E-state index contributed by atoms with van der Waals surface area (Å²) in [5.74, 6) is -2.07. The lowest BCUT2D eigenvalue weighted by Gasteiger charge is -2.20. The Morgan fingerprint density at radius 3 is 1.86 bits per heavy atom. The van der Waals surface area contributed by atoms with E-state index in [-0.39, 0.29) is 11.6 Å². The SMILES string of the molecule is CN(C)c1ccc(/C=N/N=C2\c3ccccc3C(=O)C2C(=O)C(c2ccccc2)c2ccccc2)cc1. The van der Waals surface area contributed by atoms with Gasteiger partial charge >= 0.3 is 0 Å². The smallest absolute Gasteiger partial charge is 0.180 e. The zero-order valence-electron chi connectivity index (χ0n) is 20.8. The molecule has 0 N–H and O–H groups in total. The number of ketones is 2. The van der Waals surface area contributed by atoms with Gasteiger partial charge in [-0.2, -0.15) is 10.2 Å². The van der Waals surface area contributed by atoms with Crippen molar-refractivity contribution < 1.29 is 9.59 Å². The lowest BCUT2D eigenvalue weighted by molar-refractivity contribution is -0.120. The fourth-order valence-corrected chi connectivity index (χ4v) is 4.73. The summed E-state index contributed by atoms with van der Waals surface area (Å²) in [5.41, 5.74) is 5.19. The van der Waals surface area contributed by atoms with Crippen molar-refractivity contribution in [1.29, 1.82) is 0 Å². The second-order valence-electron chi connectivity index (χ2n) is 9.22. The highest BCUT2D eigenvalue weighted by Crippen LogP contribution is 2.35. The average Bonchev–Trinajstić information content (AvgIpc) is 3.22. The third kappa shape index (κ3) is 4.89. The highest BCUT2D eigenvalue weighted by molar-refractivity contribution is 6.38. The summed E-state index contributed by atoms with van der Waals surface area (Å²) in [6, 6.07) is 34.3. The maximum atomic E-state index is 14.2. The van der Waals surface area contributed by atoms with Crippen molar-refractivity contribution in [3.63, 3.8) is 0 Å². The molecule has 182 valence electrons. The van der Waals surface area contributed by atoms with Gasteiger partial charge in [0.15, 0.2) is 11.6 Å². The van der Waals surface area contributed by atoms with Gasteiger partial charge in [0, 0.05) is 30.9 Å². The number of nitrogens with zero attached hydrogens (tertiary/aromatic N) is 3. The Hall–Kier alpha value is -4.64. The van der Waals surface area contributed by atoms with Crippen LogP contribution in [-0.4, -0.2) is 37.6 Å². The van der Waals surface area contributed by atoms with E-state index in [0.29, 0.717) is 16.8 Å². The van der Waals surface area contributed by atoms with Crippen LogP contribution in [0.2, 0.25) is 0 Å². The summed E-state index contributed by atoms with van der Waals surface area (Å²) in [5, 5.41) is 8.79. The molecule has 0 aliphatic heterocycles. The van der Waals surface area contributed by atoms with Gasteiger partial charge in [-0.3, -0.25) is 9.59 Å². The first-order valence-electron chi connectivity index (χ1n) is 12.2. The predicted molar refractivity (Wildman–Crippen MR) is 149 cm³/mol. The van der Waals surface area contributed by atoms with Crippen LogP contribution in [0.5, 0.6) is 0 Å². The normalized spacial score (nSPS) is 15.9. The second kappa shape index (κ2) is 10.5. The fraction of sp³-hybridized carbons (Fsp3) is 0.125. The van der Waals surface area contributed by atoms with E-state index in [0.717, 1.165) is 22.4 Å². The molecule has 1 aliphatic rings. The Bertz CT molecular complexity index is 1430. The van der Waals surface area contributed by atoms with E-state index in [9.17, 15) is 9.59 Å². The van der Waals surface area contributed by atoms with E-state index in [1.165, 1.54) is 0 Å². The van der Waals surface area contributed by atoms with E-state index in [2.05, 4.69) is 10.2 Å². The molecule has 0 saturated heterocycles. The standard InChI is InChI=1S/C32H27N3O2/c1-35(2)25-19-17-22(18-20-25)21-33-34-30-26-15-9-10-16-27(26)31(36)29(30)32(37)28(23-11-5-3-6-12-23)24-13-7-4-8-14-24/h3-21,28-29H,1-2H3/b33-21+,34-30+. The Morgan fingerprint density at radius 2 is 1.30 bits per heavy atom. The molecule has 0 heterocycles. The topological polar surface area (TPSA) is 62.1 Å². The van der Waals surface area contributed by atoms with E-state index in [4.69, 9.17) is 0 Å². The molecule has 1 atom stereocenters. The van der Waals surface area contributed by atoms with E-state index >= 15 is 0 Å². The van der Waals surface area contributed by atoms with Crippen LogP contribution in [0.15, 0.2) is 119 Å². The van der Waals surface area contributed by atoms with Crippen LogP contribution in [0.25, 0.3) is 0 Å². The maximum absolute atomic E-state index is 14.2. The summed E-state index contributed by atoms with van der Waals surface area (Å²) in [4.78, 5) is 29.8. The highest BCUT2D eigenvalue weighted by Gasteiger charge is 2.44. The third-order valence-electron chi connectivity index (χ3n) is 6.62. The molecule has 4 aromatic rings. The molecule has 5 nitrogen and oxygen atoms in total. The monoisotopic (exact) mass is 485 g/mol. The summed E-state index contributed by atoms with van der Waals surface area (Å²) in [7, 11) is 3.97. The van der Waals surface area contributed by atoms with Crippen LogP contribution in [0.4, 0.5) is 5.69 Å². The minimum atomic E-state index is -1.03. The fourth-order valence-electron chi connectivity index (χ4n) is 4.73. The molecule has 5 rings (SSSR count). The van der Waals surface area contributed by atoms with Crippen molar-refractivity contribution in [1.82, 2.24) is 0 Å². The molecule has 0 bridgehead atoms. The molecule has 1 aliphatic carbocycles. The number of carbonyl (C=O) groups is 2. The molecule has 0 aromatic heterocycles. The Kier molecular flexibility index (Phi) is 6.86. The molecule has 4 aromatic carbocycles. The number of hydrogen-bond donors (Lipinski definition) is 0. The third-order valence-corrected chi connectivity index (χ3v) is 6.62. The summed E-state index contributed by atoms with van der Waals surface area (Å²) < 4.78 is 0. The van der Waals surface area contributed by atoms with Gasteiger partial charge in [0.05, 0.1) is 17.8 Å². The van der Waals surface area contributed by atoms with Gasteiger partial charge in [0.25, 0.3) is 0 Å². The Morgan fingerprint density at radius 1 is 0.757 bits per heavy atom. The molecule has 1 unspecified atom stereocenters. The predicted octanol–water partition coefficient (Wildman–Crippen LogP) is 5.79. The number of benzene rings is 4. The first kappa shape index (κ1) is 24.1. The summed E-state index contributed by atoms with van der Waals surface area (Å²) >= 11 is 0. The number of anilines is 1. The molecular weight excluding hydrogens is 458 g/mol. The number of rotatable bonds is 7. The first-order valence-corrected chi connectivity index (χ1v) is 12.2. The van der Waals surface area contributed by atoms with Gasteiger partial charge in [-0.25, -0.2) is 0 Å². The minimum absolute atomic E-state index is 0.206. The average molecular weight is 486 g/mol. The summed E-state index contributed by atoms with van der Waals surface area (Å²) in [6.45, 7) is 0. The molecule has 5 heteroatoms. The maximum Gasteiger partial charge on any atom is 0.180 e. The van der Waals surface area contributed by atoms with E-state index in [1.807, 2.05) is 122 Å². The van der Waals surface area contributed by atoms with Crippen molar-refractivity contribution in [2.75, 3.05) is 19.0 Å². The number of hydrogen-bond acceptors (Lipinski definition) is 5. The van der Waals surface area contributed by atoms with Crippen LogP contribution >= 0.6 is 0 Å². The molecule has 0 saturated carbocycles. The van der Waals surface area contributed by atoms with Gasteiger partial charge in [-0.05, 0) is 28.8 Å². The number of Topliss-reactive ketones (excluding diaryl/α,β-unsaturated/α-hetero) is 2. The van der Waals surface area contributed by atoms with Crippen molar-refractivity contribution in [3.8, 4) is 0 Å². The lowest BCUT2D eigenvalue weighted by Crippen LogP contribution is -2.31. The lowest BCUT2D eigenvalue weighted by atomic mass is 9.80. The molecule has 0 spiro atoms. The van der Waals surface area contributed by atoms with Crippen LogP contribution in [0.3, 0.4) is 0 Å². The summed E-state index contributed by atoms with van der Waals surface area (Å²) in [6.07, 6.45) is 1.64. The molecule has 0 radical (unpaired) electrons. The van der Waals surface area contributed by atoms with E-state index in [1.54, 1.807) is 12.3 Å². The number of carbonyl (C=O) groups excluding carboxylic acids is 2. The van der Waals surface area contributed by atoms with Crippen LogP contribution in [-0.2, 0) is 4.79 Å². The molecule has 37 heavy (non-hydrogen) atoms. The quantitative estimate of drug-likeness (QED) is 0.189. The molecule has 0 fully saturated rings. The van der Waals surface area contributed by atoms with Crippen molar-refractivity contribution >= 4 is 29.2 Å². The minimum Gasteiger partial charge on any atom is -0.378 e. The zero-order valence-corrected chi connectivity index (χ0v) is 20.8. The van der Waals surface area contributed by atoms with Crippen LogP contribution < -0.4 is 4.90 Å². The molecule has 0 amide bonds. The van der Waals surface area contributed by atoms with Crippen molar-refractivity contribution in [2.24, 2.45) is 16.1 Å². The van der Waals surface area contributed by atoms with E-state index < -0.39 is 11.8 Å². The van der Waals surface area contributed by atoms with Crippen molar-refractivity contribution in [3.05, 3.63) is 137 Å². The van der Waals surface area contributed by atoms with Gasteiger partial charge < -0.3 is 4.90 Å². The first-order chi connectivity index (χ1) is 18.0. The van der Waals surface area contributed by atoms with Crippen LogP contribution in [0.1, 0.15) is 38.5 Å². The second-order valence-corrected chi connectivity index (χ2v) is 9.22. The molecular formula is C32H27N3O2. The van der Waals surface area contributed by atoms with Gasteiger partial charge in [0.1, 0.15) is 5.92 Å². The zero-order chi connectivity index (χ0) is 25.8. The number of fused-ring (bicyclic) bond motifs is 1. The van der Waals surface area contributed by atoms with Gasteiger partial charge in [0.2, 0.25) is 0 Å². The van der Waals surface area contributed by atoms with Crippen LogP contribution in [0, 0.1) is 5.92 Å². The Balaban J connectivity index is 1.55. The highest BCUT2D eigenvalue weighted by atomic mass is 16.2. The largest absolute Gasteiger partial charge is 0.378 e.